The van der Waals surface area contributed by atoms with Crippen LogP contribution in [-0.4, -0.2) is 31.5 Å². The van der Waals surface area contributed by atoms with Gasteiger partial charge in [0.2, 0.25) is 0 Å². The summed E-state index contributed by atoms with van der Waals surface area (Å²) in [5.41, 5.74) is 1.05. The summed E-state index contributed by atoms with van der Waals surface area (Å²) in [6.07, 6.45) is 1.54. The van der Waals surface area contributed by atoms with Crippen molar-refractivity contribution in [1.82, 2.24) is 4.90 Å². The fourth-order valence-electron chi connectivity index (χ4n) is 2.54. The Morgan fingerprint density at radius 2 is 1.84 bits per heavy atom. The zero-order valence-corrected chi connectivity index (χ0v) is 16.4. The summed E-state index contributed by atoms with van der Waals surface area (Å²) < 4.78 is 5.62. The van der Waals surface area contributed by atoms with Gasteiger partial charge in [0.05, 0.1) is 0 Å². The van der Waals surface area contributed by atoms with Crippen LogP contribution in [0.2, 0.25) is 5.02 Å². The second kappa shape index (κ2) is 9.85. The lowest BCUT2D eigenvalue weighted by Crippen LogP contribution is -2.16. The normalized spacial score (nSPS) is 12.2. The standard InChI is InChI=1S/C20H24ClNO2S/c1-15(23)24-19(8-6-14-22(2)3)18-7-4-5-9-20(18)25-17-12-10-16(21)11-13-17/h4-5,7,9-13,19H,6,8,14H2,1-3H3/t19-/m0/s1. The van der Waals surface area contributed by atoms with Crippen LogP contribution in [0.25, 0.3) is 0 Å². The smallest absolute Gasteiger partial charge is 0.303 e. The third-order valence-electron chi connectivity index (χ3n) is 3.69. The fourth-order valence-corrected chi connectivity index (χ4v) is 3.66. The van der Waals surface area contributed by atoms with Gasteiger partial charge in [0.15, 0.2) is 0 Å². The van der Waals surface area contributed by atoms with Crippen molar-refractivity contribution in [2.45, 2.75) is 35.7 Å². The van der Waals surface area contributed by atoms with Crippen LogP contribution in [-0.2, 0) is 9.53 Å². The van der Waals surface area contributed by atoms with Crippen LogP contribution >= 0.6 is 23.4 Å². The second-order valence-electron chi connectivity index (χ2n) is 6.14. The highest BCUT2D eigenvalue weighted by molar-refractivity contribution is 7.99. The Morgan fingerprint density at radius 1 is 1.16 bits per heavy atom. The van der Waals surface area contributed by atoms with Crippen LogP contribution in [0.5, 0.6) is 0 Å². The summed E-state index contributed by atoms with van der Waals surface area (Å²) in [7, 11) is 4.09. The summed E-state index contributed by atoms with van der Waals surface area (Å²) in [6.45, 7) is 2.43. The molecule has 2 aromatic carbocycles. The number of hydrogen-bond donors (Lipinski definition) is 0. The van der Waals surface area contributed by atoms with E-state index < -0.39 is 0 Å². The molecule has 134 valence electrons. The van der Waals surface area contributed by atoms with Crippen LogP contribution in [0.4, 0.5) is 0 Å². The monoisotopic (exact) mass is 377 g/mol. The van der Waals surface area contributed by atoms with Gasteiger partial charge >= 0.3 is 5.97 Å². The summed E-state index contributed by atoms with van der Waals surface area (Å²) in [5, 5.41) is 0.721. The molecule has 0 bridgehead atoms. The molecular weight excluding hydrogens is 354 g/mol. The van der Waals surface area contributed by atoms with Gasteiger partial charge in [-0.05, 0) is 63.8 Å². The molecule has 0 radical (unpaired) electrons. The van der Waals surface area contributed by atoms with Crippen molar-refractivity contribution in [2.24, 2.45) is 0 Å². The first-order valence-electron chi connectivity index (χ1n) is 8.30. The average molecular weight is 378 g/mol. The van der Waals surface area contributed by atoms with Crippen molar-refractivity contribution in [3.8, 4) is 0 Å². The summed E-state index contributed by atoms with van der Waals surface area (Å²) in [5.74, 6) is -0.249. The van der Waals surface area contributed by atoms with Crippen molar-refractivity contribution in [3.05, 3.63) is 59.1 Å². The van der Waals surface area contributed by atoms with Gasteiger partial charge in [0.25, 0.3) is 0 Å². The first-order chi connectivity index (χ1) is 12.0. The van der Waals surface area contributed by atoms with E-state index in [2.05, 4.69) is 11.0 Å². The van der Waals surface area contributed by atoms with E-state index in [4.69, 9.17) is 16.3 Å². The number of esters is 1. The van der Waals surface area contributed by atoms with E-state index in [1.807, 2.05) is 56.6 Å². The number of ether oxygens (including phenoxy) is 1. The highest BCUT2D eigenvalue weighted by Gasteiger charge is 2.18. The van der Waals surface area contributed by atoms with Crippen LogP contribution in [0.1, 0.15) is 31.4 Å². The van der Waals surface area contributed by atoms with Crippen LogP contribution in [0, 0.1) is 0 Å². The SMILES string of the molecule is CC(=O)O[C@@H](CCCN(C)C)c1ccccc1Sc1ccc(Cl)cc1. The molecule has 5 heteroatoms. The lowest BCUT2D eigenvalue weighted by molar-refractivity contribution is -0.147. The Labute approximate surface area is 159 Å². The molecule has 0 aromatic heterocycles. The highest BCUT2D eigenvalue weighted by atomic mass is 35.5. The molecule has 0 spiro atoms. The number of halogens is 1. The Balaban J connectivity index is 2.20. The molecule has 0 aliphatic carbocycles. The maximum Gasteiger partial charge on any atom is 0.303 e. The minimum atomic E-state index is -0.249. The molecule has 0 saturated carbocycles. The largest absolute Gasteiger partial charge is 0.458 e. The average Bonchev–Trinajstić information content (AvgIpc) is 2.56. The molecule has 0 amide bonds. The van der Waals surface area contributed by atoms with Crippen molar-refractivity contribution in [3.63, 3.8) is 0 Å². The fraction of sp³-hybridized carbons (Fsp3) is 0.350. The molecular formula is C20H24ClNO2S. The third kappa shape index (κ3) is 6.73. The zero-order chi connectivity index (χ0) is 18.2. The van der Waals surface area contributed by atoms with Gasteiger partial charge < -0.3 is 9.64 Å². The molecule has 0 aliphatic heterocycles. The highest BCUT2D eigenvalue weighted by Crippen LogP contribution is 2.36. The van der Waals surface area contributed by atoms with Crippen molar-refractivity contribution >= 4 is 29.3 Å². The zero-order valence-electron chi connectivity index (χ0n) is 14.9. The van der Waals surface area contributed by atoms with Crippen molar-refractivity contribution in [1.29, 1.82) is 0 Å². The van der Waals surface area contributed by atoms with E-state index in [0.717, 1.165) is 39.8 Å². The lowest BCUT2D eigenvalue weighted by atomic mass is 10.0. The summed E-state index contributed by atoms with van der Waals surface area (Å²) >= 11 is 7.62. The molecule has 1 atom stereocenters. The Kier molecular flexibility index (Phi) is 7.82. The molecule has 0 fully saturated rings. The molecule has 25 heavy (non-hydrogen) atoms. The van der Waals surface area contributed by atoms with Gasteiger partial charge in [0, 0.05) is 27.3 Å². The lowest BCUT2D eigenvalue weighted by Gasteiger charge is -2.21. The number of carbonyl (C=O) groups is 1. The van der Waals surface area contributed by atoms with Gasteiger partial charge in [-0.2, -0.15) is 0 Å². The Bertz CT molecular complexity index is 688. The van der Waals surface area contributed by atoms with Gasteiger partial charge in [-0.25, -0.2) is 0 Å². The van der Waals surface area contributed by atoms with E-state index in [9.17, 15) is 4.79 Å². The maximum absolute atomic E-state index is 11.6. The summed E-state index contributed by atoms with van der Waals surface area (Å²) in [6, 6.07) is 15.9. The molecule has 0 saturated heterocycles. The Hall–Kier alpha value is -1.49. The van der Waals surface area contributed by atoms with Crippen LogP contribution in [0.3, 0.4) is 0 Å². The molecule has 0 unspecified atom stereocenters. The van der Waals surface area contributed by atoms with Crippen molar-refractivity contribution in [2.75, 3.05) is 20.6 Å². The van der Waals surface area contributed by atoms with Crippen LogP contribution in [0.15, 0.2) is 58.3 Å². The number of nitrogens with zero attached hydrogens (tertiary/aromatic N) is 1. The number of hydrogen-bond acceptors (Lipinski definition) is 4. The predicted octanol–water partition coefficient (Wildman–Crippen LogP) is 5.44. The molecule has 3 nitrogen and oxygen atoms in total. The molecule has 2 aromatic rings. The van der Waals surface area contributed by atoms with E-state index in [-0.39, 0.29) is 12.1 Å². The van der Waals surface area contributed by atoms with E-state index in [0.29, 0.717) is 0 Å². The van der Waals surface area contributed by atoms with E-state index in [1.54, 1.807) is 11.8 Å². The summed E-state index contributed by atoms with van der Waals surface area (Å²) in [4.78, 5) is 15.9. The van der Waals surface area contributed by atoms with Crippen LogP contribution < -0.4 is 0 Å². The van der Waals surface area contributed by atoms with Gasteiger partial charge in [-0.15, -0.1) is 0 Å². The maximum atomic E-state index is 11.6. The number of carbonyl (C=O) groups excluding carboxylic acids is 1. The van der Waals surface area contributed by atoms with Gasteiger partial charge in [-0.3, -0.25) is 4.79 Å². The predicted molar refractivity (Wildman–Crippen MR) is 104 cm³/mol. The second-order valence-corrected chi connectivity index (χ2v) is 7.69. The third-order valence-corrected chi connectivity index (χ3v) is 5.04. The van der Waals surface area contributed by atoms with Gasteiger partial charge in [0.1, 0.15) is 6.10 Å². The van der Waals surface area contributed by atoms with E-state index in [1.165, 1.54) is 6.92 Å². The minimum Gasteiger partial charge on any atom is -0.458 e. The van der Waals surface area contributed by atoms with Gasteiger partial charge in [-0.1, -0.05) is 41.6 Å². The number of benzene rings is 2. The molecule has 0 heterocycles. The topological polar surface area (TPSA) is 29.5 Å². The molecule has 0 N–H and O–H groups in total. The number of rotatable bonds is 8. The molecule has 0 aliphatic rings. The van der Waals surface area contributed by atoms with E-state index >= 15 is 0 Å². The first kappa shape index (κ1) is 19.8. The van der Waals surface area contributed by atoms with Crippen molar-refractivity contribution < 1.29 is 9.53 Å². The minimum absolute atomic E-state index is 0.228. The molecule has 2 rings (SSSR count). The Morgan fingerprint density at radius 3 is 2.48 bits per heavy atom. The quantitative estimate of drug-likeness (QED) is 0.573. The first-order valence-corrected chi connectivity index (χ1v) is 9.49.